The Morgan fingerprint density at radius 2 is 1.48 bits per heavy atom. The standard InChI is InChI=1S/C21H22N4O2/c1-24(17-21(26)25(15-5-13-22)16-6-14-23)18-9-11-20(12-10-18)27-19-7-3-2-4-8-19/h2-4,7-12H,5-6,15-17H2,1H3. The van der Waals surface area contributed by atoms with E-state index in [1.54, 1.807) is 4.90 Å². The van der Waals surface area contributed by atoms with Crippen molar-refractivity contribution >= 4 is 11.6 Å². The number of carbonyl (C=O) groups excluding carboxylic acids is 1. The van der Waals surface area contributed by atoms with Gasteiger partial charge in [0.25, 0.3) is 0 Å². The molecule has 1 amide bonds. The average molecular weight is 362 g/mol. The lowest BCUT2D eigenvalue weighted by atomic mass is 10.2. The number of hydrogen-bond acceptors (Lipinski definition) is 5. The zero-order valence-corrected chi connectivity index (χ0v) is 15.3. The van der Waals surface area contributed by atoms with Crippen molar-refractivity contribution < 1.29 is 9.53 Å². The van der Waals surface area contributed by atoms with Crippen LogP contribution in [0.15, 0.2) is 54.6 Å². The van der Waals surface area contributed by atoms with Gasteiger partial charge in [-0.05, 0) is 36.4 Å². The predicted molar refractivity (Wildman–Crippen MR) is 103 cm³/mol. The number of nitriles is 2. The van der Waals surface area contributed by atoms with E-state index in [0.717, 1.165) is 11.4 Å². The summed E-state index contributed by atoms with van der Waals surface area (Å²) in [6, 6.07) is 21.1. The number of likely N-dealkylation sites (N-methyl/N-ethyl adjacent to an activating group) is 1. The van der Waals surface area contributed by atoms with Crippen LogP contribution in [0.1, 0.15) is 12.8 Å². The number of amides is 1. The lowest BCUT2D eigenvalue weighted by Gasteiger charge is -2.25. The number of hydrogen-bond donors (Lipinski definition) is 0. The van der Waals surface area contributed by atoms with Crippen LogP contribution in [-0.2, 0) is 4.79 Å². The first-order valence-corrected chi connectivity index (χ1v) is 8.70. The van der Waals surface area contributed by atoms with Gasteiger partial charge in [-0.25, -0.2) is 0 Å². The van der Waals surface area contributed by atoms with Gasteiger partial charge in [-0.2, -0.15) is 10.5 Å². The number of nitrogens with zero attached hydrogens (tertiary/aromatic N) is 4. The number of benzene rings is 2. The Morgan fingerprint density at radius 3 is 2.04 bits per heavy atom. The monoisotopic (exact) mass is 362 g/mol. The van der Waals surface area contributed by atoms with Gasteiger partial charge >= 0.3 is 0 Å². The zero-order valence-electron chi connectivity index (χ0n) is 15.3. The molecule has 0 heterocycles. The predicted octanol–water partition coefficient (Wildman–Crippen LogP) is 3.57. The van der Waals surface area contributed by atoms with E-state index >= 15 is 0 Å². The molecule has 27 heavy (non-hydrogen) atoms. The summed E-state index contributed by atoms with van der Waals surface area (Å²) in [6.07, 6.45) is 0.513. The molecule has 6 nitrogen and oxygen atoms in total. The van der Waals surface area contributed by atoms with E-state index in [1.165, 1.54) is 0 Å². The first-order valence-electron chi connectivity index (χ1n) is 8.70. The molecule has 6 heteroatoms. The van der Waals surface area contributed by atoms with E-state index in [9.17, 15) is 4.79 Å². The number of anilines is 1. The Kier molecular flexibility index (Phi) is 7.68. The van der Waals surface area contributed by atoms with Gasteiger partial charge in [-0.3, -0.25) is 4.79 Å². The summed E-state index contributed by atoms with van der Waals surface area (Å²) < 4.78 is 5.77. The molecule has 2 aromatic carbocycles. The smallest absolute Gasteiger partial charge is 0.242 e. The van der Waals surface area contributed by atoms with Gasteiger partial charge in [0.1, 0.15) is 11.5 Å². The molecular formula is C21H22N4O2. The highest BCUT2D eigenvalue weighted by Gasteiger charge is 2.15. The Labute approximate surface area is 159 Å². The van der Waals surface area contributed by atoms with Gasteiger partial charge in [0, 0.05) is 25.8 Å². The van der Waals surface area contributed by atoms with Crippen LogP contribution in [0.5, 0.6) is 11.5 Å². The van der Waals surface area contributed by atoms with E-state index in [0.29, 0.717) is 18.8 Å². The van der Waals surface area contributed by atoms with Crippen LogP contribution >= 0.6 is 0 Å². The van der Waals surface area contributed by atoms with E-state index in [-0.39, 0.29) is 25.3 Å². The highest BCUT2D eigenvalue weighted by atomic mass is 16.5. The van der Waals surface area contributed by atoms with E-state index in [2.05, 4.69) is 0 Å². The minimum Gasteiger partial charge on any atom is -0.457 e. The summed E-state index contributed by atoms with van der Waals surface area (Å²) in [7, 11) is 1.83. The van der Waals surface area contributed by atoms with E-state index in [1.807, 2.05) is 78.7 Å². The average Bonchev–Trinajstić information content (AvgIpc) is 2.69. The SMILES string of the molecule is CN(CC(=O)N(CCC#N)CCC#N)c1ccc(Oc2ccccc2)cc1. The Balaban J connectivity index is 1.95. The molecule has 0 spiro atoms. The Morgan fingerprint density at radius 1 is 0.926 bits per heavy atom. The fraction of sp³-hybridized carbons (Fsp3) is 0.286. The summed E-state index contributed by atoms with van der Waals surface area (Å²) in [6.45, 7) is 0.860. The molecule has 0 aliphatic rings. The van der Waals surface area contributed by atoms with Crippen molar-refractivity contribution in [1.82, 2.24) is 4.90 Å². The maximum Gasteiger partial charge on any atom is 0.242 e. The van der Waals surface area contributed by atoms with Gasteiger partial charge in [0.15, 0.2) is 0 Å². The van der Waals surface area contributed by atoms with Gasteiger partial charge in [0.2, 0.25) is 5.91 Å². The molecule has 0 unspecified atom stereocenters. The lowest BCUT2D eigenvalue weighted by molar-refractivity contribution is -0.129. The van der Waals surface area contributed by atoms with Crippen molar-refractivity contribution in [3.05, 3.63) is 54.6 Å². The second-order valence-corrected chi connectivity index (χ2v) is 5.96. The molecule has 138 valence electrons. The zero-order chi connectivity index (χ0) is 19.5. The van der Waals surface area contributed by atoms with Crippen LogP contribution in [0.3, 0.4) is 0 Å². The molecule has 0 fully saturated rings. The quantitative estimate of drug-likeness (QED) is 0.681. The fourth-order valence-electron chi connectivity index (χ4n) is 2.52. The first-order chi connectivity index (χ1) is 13.1. The first kappa shape index (κ1) is 19.8. The van der Waals surface area contributed by atoms with Gasteiger partial charge in [-0.1, -0.05) is 18.2 Å². The van der Waals surface area contributed by atoms with Crippen LogP contribution in [0.2, 0.25) is 0 Å². The van der Waals surface area contributed by atoms with E-state index < -0.39 is 0 Å². The highest BCUT2D eigenvalue weighted by molar-refractivity contribution is 5.81. The van der Waals surface area contributed by atoms with Crippen molar-refractivity contribution in [2.24, 2.45) is 0 Å². The van der Waals surface area contributed by atoms with Crippen molar-refractivity contribution in [3.63, 3.8) is 0 Å². The number of ether oxygens (including phenoxy) is 1. The summed E-state index contributed by atoms with van der Waals surface area (Å²) in [5.41, 5.74) is 0.879. The second-order valence-electron chi connectivity index (χ2n) is 5.96. The highest BCUT2D eigenvalue weighted by Crippen LogP contribution is 2.23. The van der Waals surface area contributed by atoms with Crippen molar-refractivity contribution in [2.45, 2.75) is 12.8 Å². The molecule has 0 aliphatic carbocycles. The third-order valence-corrected chi connectivity index (χ3v) is 3.97. The number of rotatable bonds is 9. The van der Waals surface area contributed by atoms with Gasteiger partial charge in [-0.15, -0.1) is 0 Å². The molecule has 0 N–H and O–H groups in total. The van der Waals surface area contributed by atoms with Crippen molar-refractivity contribution in [3.8, 4) is 23.6 Å². The number of para-hydroxylation sites is 1. The van der Waals surface area contributed by atoms with Crippen LogP contribution in [0.25, 0.3) is 0 Å². The molecule has 0 radical (unpaired) electrons. The Hall–Kier alpha value is -3.51. The molecule has 0 saturated heterocycles. The molecule has 2 aromatic rings. The largest absolute Gasteiger partial charge is 0.457 e. The van der Waals surface area contributed by atoms with Crippen molar-refractivity contribution in [2.75, 3.05) is 31.6 Å². The second kappa shape index (κ2) is 10.5. The molecule has 2 rings (SSSR count). The van der Waals surface area contributed by atoms with Crippen LogP contribution in [0, 0.1) is 22.7 Å². The fourth-order valence-corrected chi connectivity index (χ4v) is 2.52. The van der Waals surface area contributed by atoms with E-state index in [4.69, 9.17) is 15.3 Å². The lowest BCUT2D eigenvalue weighted by Crippen LogP contribution is -2.40. The summed E-state index contributed by atoms with van der Waals surface area (Å²) in [5, 5.41) is 17.5. The van der Waals surface area contributed by atoms with Gasteiger partial charge in [0.05, 0.1) is 31.5 Å². The molecule has 0 saturated carbocycles. The third-order valence-electron chi connectivity index (χ3n) is 3.97. The van der Waals surface area contributed by atoms with Crippen LogP contribution in [0.4, 0.5) is 5.69 Å². The molecule has 0 atom stereocenters. The topological polar surface area (TPSA) is 80.4 Å². The van der Waals surface area contributed by atoms with Gasteiger partial charge < -0.3 is 14.5 Å². The molecule has 0 aromatic heterocycles. The maximum atomic E-state index is 12.5. The van der Waals surface area contributed by atoms with Crippen LogP contribution in [-0.4, -0.2) is 37.5 Å². The molecule has 0 bridgehead atoms. The maximum absolute atomic E-state index is 12.5. The minimum atomic E-state index is -0.104. The number of carbonyl (C=O) groups is 1. The Bertz CT molecular complexity index is 789. The molecular weight excluding hydrogens is 340 g/mol. The summed E-state index contributed by atoms with van der Waals surface area (Å²) in [5.74, 6) is 1.38. The van der Waals surface area contributed by atoms with Crippen molar-refractivity contribution in [1.29, 1.82) is 10.5 Å². The summed E-state index contributed by atoms with van der Waals surface area (Å²) >= 11 is 0. The van der Waals surface area contributed by atoms with Crippen LogP contribution < -0.4 is 9.64 Å². The summed E-state index contributed by atoms with van der Waals surface area (Å²) in [4.78, 5) is 15.9. The minimum absolute atomic E-state index is 0.104. The third kappa shape index (κ3) is 6.37. The normalized spacial score (nSPS) is 9.74. The molecule has 0 aliphatic heterocycles.